The number of Topliss-reactive ketones (excluding diaryl/α,β-unsaturated/α-hetero) is 2. The number of hydrogen-bond acceptors (Lipinski definition) is 6. The van der Waals surface area contributed by atoms with Crippen molar-refractivity contribution in [3.63, 3.8) is 0 Å². The summed E-state index contributed by atoms with van der Waals surface area (Å²) in [6.07, 6.45) is 0. The molecular formula is C24H10O4S2. The Bertz CT molecular complexity index is 1410. The highest BCUT2D eigenvalue weighted by atomic mass is 32.2. The standard InChI is InChI=1S/C24H10O4S2/c25-19-11-5-1-2-6-12(11)20(26)17-14(19)9-10-16-18(17)22(28)24(30-16)23-21(27)13-7-3-4-8-15(13)29-23/h1-10H. The van der Waals surface area contributed by atoms with Crippen LogP contribution in [0.25, 0.3) is 0 Å². The molecule has 142 valence electrons. The average Bonchev–Trinajstić information content (AvgIpc) is 3.28. The van der Waals surface area contributed by atoms with E-state index in [1.807, 2.05) is 12.1 Å². The van der Waals surface area contributed by atoms with Crippen molar-refractivity contribution in [1.29, 1.82) is 0 Å². The number of benzene rings is 3. The third-order valence-electron chi connectivity index (χ3n) is 5.46. The number of allylic oxidation sites excluding steroid dienone is 2. The first kappa shape index (κ1) is 17.6. The Morgan fingerprint density at radius 2 is 1.03 bits per heavy atom. The van der Waals surface area contributed by atoms with Crippen molar-refractivity contribution >= 4 is 46.7 Å². The summed E-state index contributed by atoms with van der Waals surface area (Å²) >= 11 is 2.48. The molecule has 0 fully saturated rings. The number of carbonyl (C=O) groups excluding carboxylic acids is 4. The van der Waals surface area contributed by atoms with Crippen LogP contribution >= 0.6 is 23.5 Å². The molecule has 1 aliphatic carbocycles. The van der Waals surface area contributed by atoms with Gasteiger partial charge in [-0.3, -0.25) is 19.2 Å². The fourth-order valence-corrected chi connectivity index (χ4v) is 6.38. The molecule has 0 saturated heterocycles. The largest absolute Gasteiger partial charge is 0.289 e. The Morgan fingerprint density at radius 1 is 0.433 bits per heavy atom. The highest BCUT2D eigenvalue weighted by Crippen LogP contribution is 2.51. The van der Waals surface area contributed by atoms with Crippen LogP contribution in [0.15, 0.2) is 80.3 Å². The van der Waals surface area contributed by atoms with Crippen molar-refractivity contribution in [2.24, 2.45) is 0 Å². The van der Waals surface area contributed by atoms with E-state index >= 15 is 0 Å². The maximum atomic E-state index is 13.4. The van der Waals surface area contributed by atoms with E-state index in [0.717, 1.165) is 4.90 Å². The lowest BCUT2D eigenvalue weighted by Crippen LogP contribution is -2.23. The summed E-state index contributed by atoms with van der Waals surface area (Å²) in [6.45, 7) is 0. The molecule has 6 rings (SSSR count). The molecule has 4 nitrogen and oxygen atoms in total. The Hall–Kier alpha value is -3.22. The normalized spacial score (nSPS) is 18.9. The summed E-state index contributed by atoms with van der Waals surface area (Å²) in [5, 5.41) is 0. The fourth-order valence-electron chi connectivity index (χ4n) is 4.07. The average molecular weight is 426 g/mol. The molecule has 0 N–H and O–H groups in total. The molecule has 3 aromatic rings. The van der Waals surface area contributed by atoms with E-state index < -0.39 is 0 Å². The van der Waals surface area contributed by atoms with Crippen LogP contribution in [0, 0.1) is 0 Å². The van der Waals surface area contributed by atoms with Gasteiger partial charge in [-0.1, -0.05) is 59.9 Å². The van der Waals surface area contributed by atoms with Crippen LogP contribution in [0.5, 0.6) is 0 Å². The highest BCUT2D eigenvalue weighted by Gasteiger charge is 2.41. The molecule has 0 saturated carbocycles. The first-order valence-electron chi connectivity index (χ1n) is 9.20. The molecule has 2 aliphatic heterocycles. The van der Waals surface area contributed by atoms with Crippen LogP contribution in [0.1, 0.15) is 52.6 Å². The summed E-state index contributed by atoms with van der Waals surface area (Å²) in [5.41, 5.74) is 1.86. The van der Waals surface area contributed by atoms with Crippen LogP contribution in [0.4, 0.5) is 0 Å². The van der Waals surface area contributed by atoms with E-state index in [-0.39, 0.29) is 39.8 Å². The van der Waals surface area contributed by atoms with Crippen molar-refractivity contribution in [1.82, 2.24) is 0 Å². The zero-order valence-electron chi connectivity index (χ0n) is 15.2. The molecule has 0 aromatic heterocycles. The van der Waals surface area contributed by atoms with E-state index in [0.29, 0.717) is 31.4 Å². The topological polar surface area (TPSA) is 68.3 Å². The Labute approximate surface area is 179 Å². The molecule has 0 bridgehead atoms. The predicted molar refractivity (Wildman–Crippen MR) is 114 cm³/mol. The predicted octanol–water partition coefficient (Wildman–Crippen LogP) is 4.95. The van der Waals surface area contributed by atoms with E-state index in [9.17, 15) is 19.2 Å². The van der Waals surface area contributed by atoms with Crippen LogP contribution in [0.2, 0.25) is 0 Å². The monoisotopic (exact) mass is 426 g/mol. The van der Waals surface area contributed by atoms with Gasteiger partial charge >= 0.3 is 0 Å². The zero-order chi connectivity index (χ0) is 20.6. The molecule has 0 atom stereocenters. The number of ketones is 4. The molecule has 0 unspecified atom stereocenters. The van der Waals surface area contributed by atoms with Crippen LogP contribution in [-0.2, 0) is 0 Å². The fraction of sp³-hybridized carbons (Fsp3) is 0. The summed E-state index contributed by atoms with van der Waals surface area (Å²) in [7, 11) is 0. The number of rotatable bonds is 0. The summed E-state index contributed by atoms with van der Waals surface area (Å²) in [4.78, 5) is 54.6. The van der Waals surface area contributed by atoms with Gasteiger partial charge in [-0.25, -0.2) is 0 Å². The second-order valence-electron chi connectivity index (χ2n) is 7.08. The van der Waals surface area contributed by atoms with Gasteiger partial charge in [-0.05, 0) is 24.3 Å². The number of carbonyl (C=O) groups is 4. The molecule has 30 heavy (non-hydrogen) atoms. The number of fused-ring (bicyclic) bond motifs is 5. The van der Waals surface area contributed by atoms with Crippen molar-refractivity contribution in [3.8, 4) is 0 Å². The maximum absolute atomic E-state index is 13.4. The van der Waals surface area contributed by atoms with Gasteiger partial charge in [0.05, 0.1) is 9.81 Å². The number of thioether (sulfide) groups is 2. The van der Waals surface area contributed by atoms with Gasteiger partial charge in [0, 0.05) is 43.2 Å². The van der Waals surface area contributed by atoms with E-state index in [1.165, 1.54) is 23.5 Å². The summed E-state index contributed by atoms with van der Waals surface area (Å²) in [6, 6.07) is 17.2. The Kier molecular flexibility index (Phi) is 3.61. The molecular weight excluding hydrogens is 416 g/mol. The summed E-state index contributed by atoms with van der Waals surface area (Å²) in [5.74, 6) is -1.14. The maximum Gasteiger partial charge on any atom is 0.202 e. The van der Waals surface area contributed by atoms with Gasteiger partial charge in [0.2, 0.25) is 11.6 Å². The minimum Gasteiger partial charge on any atom is -0.289 e. The zero-order valence-corrected chi connectivity index (χ0v) is 16.9. The van der Waals surface area contributed by atoms with Crippen molar-refractivity contribution in [2.75, 3.05) is 0 Å². The van der Waals surface area contributed by atoms with Crippen molar-refractivity contribution < 1.29 is 19.2 Å². The molecule has 3 aromatic carbocycles. The van der Waals surface area contributed by atoms with Crippen LogP contribution < -0.4 is 0 Å². The molecule has 3 aliphatic rings. The highest BCUT2D eigenvalue weighted by molar-refractivity contribution is 8.08. The smallest absolute Gasteiger partial charge is 0.202 e. The number of hydrogen-bond donors (Lipinski definition) is 0. The van der Waals surface area contributed by atoms with Gasteiger partial charge in [0.25, 0.3) is 0 Å². The van der Waals surface area contributed by atoms with Gasteiger partial charge in [-0.15, -0.1) is 0 Å². The second-order valence-corrected chi connectivity index (χ2v) is 9.19. The van der Waals surface area contributed by atoms with Gasteiger partial charge in [-0.2, -0.15) is 0 Å². The molecule has 6 heteroatoms. The first-order chi connectivity index (χ1) is 14.6. The van der Waals surface area contributed by atoms with Crippen LogP contribution in [0.3, 0.4) is 0 Å². The van der Waals surface area contributed by atoms with Crippen molar-refractivity contribution in [2.45, 2.75) is 9.79 Å². The quantitative estimate of drug-likeness (QED) is 0.371. The minimum absolute atomic E-state index is 0.150. The molecule has 2 heterocycles. The van der Waals surface area contributed by atoms with Gasteiger partial charge in [0.15, 0.2) is 11.6 Å². The van der Waals surface area contributed by atoms with E-state index in [2.05, 4.69) is 0 Å². The van der Waals surface area contributed by atoms with Crippen LogP contribution in [-0.4, -0.2) is 23.1 Å². The molecule has 0 spiro atoms. The molecule has 0 amide bonds. The Morgan fingerprint density at radius 3 is 1.77 bits per heavy atom. The van der Waals surface area contributed by atoms with Crippen molar-refractivity contribution in [3.05, 3.63) is 104 Å². The SMILES string of the molecule is O=C1C(=C2Sc3ccc4c(c3C2=O)C(=O)c2ccccc2C4=O)Sc2ccccc21. The van der Waals surface area contributed by atoms with E-state index in [4.69, 9.17) is 0 Å². The summed E-state index contributed by atoms with van der Waals surface area (Å²) < 4.78 is 0. The third kappa shape index (κ3) is 2.20. The minimum atomic E-state index is -0.365. The lowest BCUT2D eigenvalue weighted by atomic mass is 9.81. The first-order valence-corrected chi connectivity index (χ1v) is 10.8. The Balaban J connectivity index is 1.53. The lowest BCUT2D eigenvalue weighted by Gasteiger charge is -2.19. The third-order valence-corrected chi connectivity index (χ3v) is 7.91. The lowest BCUT2D eigenvalue weighted by molar-refractivity contribution is 0.0970. The second kappa shape index (κ2) is 6.14. The van der Waals surface area contributed by atoms with Gasteiger partial charge in [0.1, 0.15) is 0 Å². The van der Waals surface area contributed by atoms with Gasteiger partial charge < -0.3 is 0 Å². The van der Waals surface area contributed by atoms with E-state index in [1.54, 1.807) is 48.5 Å². The molecule has 0 radical (unpaired) electrons.